The highest BCUT2D eigenvalue weighted by molar-refractivity contribution is 5.79. The number of hydrogen-bond donors (Lipinski definition) is 1. The van der Waals surface area contributed by atoms with E-state index in [0.29, 0.717) is 23.4 Å². The molecular formula is C32H35N3O2. The third-order valence-corrected chi connectivity index (χ3v) is 7.90. The molecule has 5 nitrogen and oxygen atoms in total. The Balaban J connectivity index is 1.17. The van der Waals surface area contributed by atoms with Crippen LogP contribution in [0.2, 0.25) is 0 Å². The fourth-order valence-electron chi connectivity index (χ4n) is 5.46. The van der Waals surface area contributed by atoms with Gasteiger partial charge in [-0.15, -0.1) is 0 Å². The topological polar surface area (TPSA) is 60.2 Å². The van der Waals surface area contributed by atoms with Crippen LogP contribution in [0.1, 0.15) is 69.0 Å². The summed E-state index contributed by atoms with van der Waals surface area (Å²) in [6.07, 6.45) is 9.25. The molecule has 2 aliphatic carbocycles. The minimum Gasteiger partial charge on any atom is -0.474 e. The summed E-state index contributed by atoms with van der Waals surface area (Å²) in [6.45, 7) is 4.11. The van der Waals surface area contributed by atoms with Gasteiger partial charge in [0.25, 0.3) is 0 Å². The Morgan fingerprint density at radius 2 is 1.51 bits per heavy atom. The standard InChI is InChI=1S/C32H35N3O2/c1-21-31(34-29-9-6-10-30(33-29)36-22(2)23-7-4-3-5-8-23)32(37-35-21)28-19-17-27(18-20-28)26-15-13-25(14-16-26)24-11-12-24/h6,9-10,13-20,22-24H,3-5,7-8,11-12H2,1-2H3,(H,33,34). The predicted molar refractivity (Wildman–Crippen MR) is 148 cm³/mol. The average molecular weight is 494 g/mol. The van der Waals surface area contributed by atoms with Gasteiger partial charge in [-0.25, -0.2) is 0 Å². The Hall–Kier alpha value is -3.60. The van der Waals surface area contributed by atoms with Crippen LogP contribution in [0.3, 0.4) is 0 Å². The van der Waals surface area contributed by atoms with Crippen LogP contribution in [0.15, 0.2) is 71.3 Å². The van der Waals surface area contributed by atoms with Crippen molar-refractivity contribution in [1.29, 1.82) is 0 Å². The van der Waals surface area contributed by atoms with Gasteiger partial charge in [-0.1, -0.05) is 79.0 Å². The minimum absolute atomic E-state index is 0.166. The fourth-order valence-corrected chi connectivity index (χ4v) is 5.46. The van der Waals surface area contributed by atoms with E-state index < -0.39 is 0 Å². The lowest BCUT2D eigenvalue weighted by Crippen LogP contribution is -2.26. The second kappa shape index (κ2) is 10.4. The van der Waals surface area contributed by atoms with E-state index >= 15 is 0 Å². The van der Waals surface area contributed by atoms with Gasteiger partial charge < -0.3 is 14.6 Å². The lowest BCUT2D eigenvalue weighted by Gasteiger charge is -2.27. The SMILES string of the molecule is Cc1noc(-c2ccc(-c3ccc(C4CC4)cc3)cc2)c1Nc1cccc(OC(C)C2CCCCC2)n1. The van der Waals surface area contributed by atoms with Gasteiger partial charge in [0.1, 0.15) is 23.3 Å². The molecule has 0 aliphatic heterocycles. The fraction of sp³-hybridized carbons (Fsp3) is 0.375. The molecule has 6 rings (SSSR count). The number of benzene rings is 2. The van der Waals surface area contributed by atoms with Crippen LogP contribution in [0.5, 0.6) is 5.88 Å². The largest absolute Gasteiger partial charge is 0.474 e. The smallest absolute Gasteiger partial charge is 0.215 e. The number of pyridine rings is 1. The molecule has 1 atom stereocenters. The highest BCUT2D eigenvalue weighted by atomic mass is 16.5. The van der Waals surface area contributed by atoms with Crippen LogP contribution in [0.25, 0.3) is 22.5 Å². The second-order valence-corrected chi connectivity index (χ2v) is 10.7. The molecule has 2 heterocycles. The number of rotatable bonds is 8. The Labute approximate surface area is 219 Å². The van der Waals surface area contributed by atoms with E-state index in [4.69, 9.17) is 14.2 Å². The number of nitrogens with one attached hydrogen (secondary N) is 1. The van der Waals surface area contributed by atoms with Crippen LogP contribution in [-0.4, -0.2) is 16.2 Å². The van der Waals surface area contributed by atoms with E-state index in [1.165, 1.54) is 61.6 Å². The molecule has 5 heteroatoms. The molecule has 0 amide bonds. The highest BCUT2D eigenvalue weighted by Gasteiger charge is 2.23. The average Bonchev–Trinajstić information content (AvgIpc) is 3.73. The minimum atomic E-state index is 0.166. The summed E-state index contributed by atoms with van der Waals surface area (Å²) in [5.74, 6) is 3.46. The Bertz CT molecular complexity index is 1330. The first-order chi connectivity index (χ1) is 18.1. The van der Waals surface area contributed by atoms with Crippen LogP contribution >= 0.6 is 0 Å². The third-order valence-electron chi connectivity index (χ3n) is 7.90. The normalized spacial score (nSPS) is 16.9. The van der Waals surface area contributed by atoms with E-state index in [9.17, 15) is 0 Å². The maximum absolute atomic E-state index is 6.25. The molecule has 0 saturated heterocycles. The van der Waals surface area contributed by atoms with Gasteiger partial charge in [-0.2, -0.15) is 4.98 Å². The molecule has 2 fully saturated rings. The molecule has 4 aromatic rings. The summed E-state index contributed by atoms with van der Waals surface area (Å²) in [6, 6.07) is 23.3. The zero-order valence-electron chi connectivity index (χ0n) is 21.7. The summed E-state index contributed by atoms with van der Waals surface area (Å²) in [5, 5.41) is 7.67. The number of nitrogens with zero attached hydrogens (tertiary/aromatic N) is 2. The van der Waals surface area contributed by atoms with Crippen molar-refractivity contribution in [1.82, 2.24) is 10.1 Å². The molecule has 0 radical (unpaired) electrons. The van der Waals surface area contributed by atoms with E-state index in [2.05, 4.69) is 65.9 Å². The van der Waals surface area contributed by atoms with E-state index in [-0.39, 0.29) is 6.10 Å². The first-order valence-corrected chi connectivity index (χ1v) is 13.7. The molecule has 2 saturated carbocycles. The molecule has 2 aromatic heterocycles. The summed E-state index contributed by atoms with van der Waals surface area (Å²) < 4.78 is 12.0. The molecular weight excluding hydrogens is 458 g/mol. The van der Waals surface area contributed by atoms with Gasteiger partial charge in [0.05, 0.1) is 0 Å². The number of hydrogen-bond acceptors (Lipinski definition) is 5. The Kier molecular flexibility index (Phi) is 6.69. The number of ether oxygens (including phenoxy) is 1. The molecule has 0 spiro atoms. The van der Waals surface area contributed by atoms with Crippen molar-refractivity contribution >= 4 is 11.5 Å². The lowest BCUT2D eigenvalue weighted by atomic mass is 9.86. The van der Waals surface area contributed by atoms with Crippen LogP contribution < -0.4 is 10.1 Å². The molecule has 37 heavy (non-hydrogen) atoms. The zero-order chi connectivity index (χ0) is 25.2. The maximum atomic E-state index is 6.25. The first-order valence-electron chi connectivity index (χ1n) is 13.7. The number of anilines is 2. The molecule has 1 unspecified atom stereocenters. The Morgan fingerprint density at radius 1 is 0.838 bits per heavy atom. The van der Waals surface area contributed by atoms with Crippen molar-refractivity contribution in [3.63, 3.8) is 0 Å². The van der Waals surface area contributed by atoms with Crippen molar-refractivity contribution in [3.05, 3.63) is 78.0 Å². The number of aryl methyl sites for hydroxylation is 1. The second-order valence-electron chi connectivity index (χ2n) is 10.7. The van der Waals surface area contributed by atoms with Gasteiger partial charge in [0, 0.05) is 11.6 Å². The summed E-state index contributed by atoms with van der Waals surface area (Å²) in [5.41, 5.74) is 6.46. The van der Waals surface area contributed by atoms with Gasteiger partial charge in [-0.3, -0.25) is 0 Å². The zero-order valence-corrected chi connectivity index (χ0v) is 21.7. The molecule has 190 valence electrons. The highest BCUT2D eigenvalue weighted by Crippen LogP contribution is 2.41. The lowest BCUT2D eigenvalue weighted by molar-refractivity contribution is 0.118. The molecule has 2 aliphatic rings. The van der Waals surface area contributed by atoms with Gasteiger partial charge in [0.15, 0.2) is 5.76 Å². The monoisotopic (exact) mass is 493 g/mol. The predicted octanol–water partition coefficient (Wildman–Crippen LogP) is 8.68. The van der Waals surface area contributed by atoms with Crippen molar-refractivity contribution in [2.24, 2.45) is 5.92 Å². The summed E-state index contributed by atoms with van der Waals surface area (Å²) in [7, 11) is 0. The van der Waals surface area contributed by atoms with Crippen LogP contribution in [0.4, 0.5) is 11.5 Å². The van der Waals surface area contributed by atoms with Crippen LogP contribution in [0, 0.1) is 12.8 Å². The van der Waals surface area contributed by atoms with Crippen molar-refractivity contribution in [2.75, 3.05) is 5.32 Å². The summed E-state index contributed by atoms with van der Waals surface area (Å²) >= 11 is 0. The Morgan fingerprint density at radius 3 is 2.22 bits per heavy atom. The third kappa shape index (κ3) is 5.41. The van der Waals surface area contributed by atoms with Crippen molar-refractivity contribution < 1.29 is 9.26 Å². The van der Waals surface area contributed by atoms with Crippen molar-refractivity contribution in [2.45, 2.75) is 70.8 Å². The molecule has 1 N–H and O–H groups in total. The van der Waals surface area contributed by atoms with E-state index in [0.717, 1.165) is 22.9 Å². The van der Waals surface area contributed by atoms with Gasteiger partial charge in [-0.05, 0) is 74.1 Å². The maximum Gasteiger partial charge on any atom is 0.215 e. The van der Waals surface area contributed by atoms with Gasteiger partial charge in [0.2, 0.25) is 5.88 Å². The summed E-state index contributed by atoms with van der Waals surface area (Å²) in [4.78, 5) is 4.73. The van der Waals surface area contributed by atoms with Crippen LogP contribution in [-0.2, 0) is 0 Å². The molecule has 0 bridgehead atoms. The van der Waals surface area contributed by atoms with Crippen molar-refractivity contribution in [3.8, 4) is 28.3 Å². The quantitative estimate of drug-likeness (QED) is 0.266. The number of aromatic nitrogens is 2. The first kappa shape index (κ1) is 23.8. The van der Waals surface area contributed by atoms with E-state index in [1.807, 2.05) is 25.1 Å². The van der Waals surface area contributed by atoms with Gasteiger partial charge >= 0.3 is 0 Å². The van der Waals surface area contributed by atoms with E-state index in [1.54, 1.807) is 0 Å². The molecule has 2 aromatic carbocycles.